The van der Waals surface area contributed by atoms with Crippen molar-refractivity contribution in [3.8, 4) is 5.75 Å². The Hall–Kier alpha value is -2.55. The van der Waals surface area contributed by atoms with Gasteiger partial charge in [-0.25, -0.2) is 14.0 Å². The molecule has 9 heteroatoms. The Labute approximate surface area is 146 Å². The van der Waals surface area contributed by atoms with E-state index in [1.54, 1.807) is 12.1 Å². The molecule has 1 amide bonds. The average Bonchev–Trinajstić information content (AvgIpc) is 2.79. The van der Waals surface area contributed by atoms with Crippen molar-refractivity contribution >= 4 is 38.5 Å². The second kappa shape index (κ2) is 6.40. The van der Waals surface area contributed by atoms with E-state index in [-0.39, 0.29) is 18.0 Å². The van der Waals surface area contributed by atoms with Gasteiger partial charge in [0.15, 0.2) is 0 Å². The molecule has 25 heavy (non-hydrogen) atoms. The molecule has 0 atom stereocenters. The van der Waals surface area contributed by atoms with Crippen molar-refractivity contribution in [3.63, 3.8) is 0 Å². The molecule has 1 aromatic heterocycles. The first-order valence-corrected chi connectivity index (χ1v) is 9.41. The molecule has 0 spiro atoms. The van der Waals surface area contributed by atoms with Crippen molar-refractivity contribution in [2.45, 2.75) is 20.3 Å². The molecular weight excluding hydrogens is 344 g/mol. The quantitative estimate of drug-likeness (QED) is 0.743. The first kappa shape index (κ1) is 17.3. The number of rotatable bonds is 5. The van der Waals surface area contributed by atoms with Crippen LogP contribution < -0.4 is 14.3 Å². The molecule has 1 aliphatic heterocycles. The number of phenolic OH excluding ortho intramolecular Hbond substituents is 1. The Balaban J connectivity index is 1.95. The number of aromatic hydroxyl groups is 1. The maximum Gasteiger partial charge on any atom is 0.326 e. The van der Waals surface area contributed by atoms with Crippen LogP contribution in [0.5, 0.6) is 5.75 Å². The highest BCUT2D eigenvalue weighted by atomic mass is 32.2. The van der Waals surface area contributed by atoms with E-state index in [0.717, 1.165) is 17.3 Å². The fourth-order valence-corrected chi connectivity index (χ4v) is 3.75. The molecule has 0 aliphatic carbocycles. The van der Waals surface area contributed by atoms with Gasteiger partial charge in [-0.1, -0.05) is 13.8 Å². The van der Waals surface area contributed by atoms with Gasteiger partial charge in [-0.15, -0.1) is 0 Å². The molecule has 0 saturated carbocycles. The van der Waals surface area contributed by atoms with Gasteiger partial charge in [0.05, 0.1) is 11.2 Å². The third kappa shape index (κ3) is 3.60. The van der Waals surface area contributed by atoms with E-state index >= 15 is 0 Å². The second-order valence-corrected chi connectivity index (χ2v) is 7.97. The lowest BCUT2D eigenvalue weighted by Gasteiger charge is -2.17. The third-order valence-corrected chi connectivity index (χ3v) is 5.29. The van der Waals surface area contributed by atoms with Gasteiger partial charge in [0, 0.05) is 11.9 Å². The van der Waals surface area contributed by atoms with E-state index in [1.165, 1.54) is 12.1 Å². The van der Waals surface area contributed by atoms with Crippen molar-refractivity contribution in [1.82, 2.24) is 9.71 Å². The zero-order chi connectivity index (χ0) is 18.2. The van der Waals surface area contributed by atoms with Gasteiger partial charge >= 0.3 is 10.2 Å². The molecule has 2 aromatic rings. The normalized spacial score (nSPS) is 16.4. The zero-order valence-corrected chi connectivity index (χ0v) is 14.8. The van der Waals surface area contributed by atoms with Crippen LogP contribution >= 0.6 is 0 Å². The van der Waals surface area contributed by atoms with Crippen LogP contribution in [0.2, 0.25) is 0 Å². The van der Waals surface area contributed by atoms with Crippen LogP contribution in [0.4, 0.5) is 11.5 Å². The lowest BCUT2D eigenvalue weighted by Crippen LogP contribution is -2.29. The minimum absolute atomic E-state index is 0.0256. The number of fused-ring (bicyclic) bond motifs is 1. The Bertz CT molecular complexity index is 927. The topological polar surface area (TPSA) is 112 Å². The van der Waals surface area contributed by atoms with Gasteiger partial charge in [0.25, 0.3) is 5.91 Å². The van der Waals surface area contributed by atoms with Crippen LogP contribution in [0, 0.1) is 5.92 Å². The lowest BCUT2D eigenvalue weighted by molar-refractivity contribution is -0.117. The molecule has 0 radical (unpaired) electrons. The number of carbonyl (C=O) groups is 1. The van der Waals surface area contributed by atoms with Gasteiger partial charge in [-0.3, -0.25) is 4.79 Å². The monoisotopic (exact) mass is 364 g/mol. The number of aromatic nitrogens is 1. The van der Waals surface area contributed by atoms with Crippen molar-refractivity contribution in [1.29, 1.82) is 0 Å². The minimum atomic E-state index is -3.98. The number of benzene rings is 1. The molecule has 1 saturated heterocycles. The molecule has 134 valence electrons. The number of hydrogen-bond donors (Lipinski definition) is 3. The first-order chi connectivity index (χ1) is 11.8. The van der Waals surface area contributed by atoms with Crippen LogP contribution in [0.15, 0.2) is 24.3 Å². The molecular formula is C16H20N4O4S. The fraction of sp³-hybridized carbons (Fsp3) is 0.375. The van der Waals surface area contributed by atoms with Crippen molar-refractivity contribution in [3.05, 3.63) is 24.3 Å². The smallest absolute Gasteiger partial charge is 0.326 e. The maximum absolute atomic E-state index is 12.0. The minimum Gasteiger partial charge on any atom is -0.506 e. The zero-order valence-electron chi connectivity index (χ0n) is 14.0. The summed E-state index contributed by atoms with van der Waals surface area (Å²) in [5.74, 6) is 0.372. The fourth-order valence-electron chi connectivity index (χ4n) is 2.60. The van der Waals surface area contributed by atoms with Crippen LogP contribution in [0.3, 0.4) is 0 Å². The van der Waals surface area contributed by atoms with Crippen molar-refractivity contribution in [2.24, 2.45) is 5.92 Å². The Morgan fingerprint density at radius 1 is 1.36 bits per heavy atom. The van der Waals surface area contributed by atoms with Gasteiger partial charge in [0.2, 0.25) is 0 Å². The van der Waals surface area contributed by atoms with Gasteiger partial charge < -0.3 is 10.4 Å². The van der Waals surface area contributed by atoms with Crippen LogP contribution in [0.1, 0.15) is 20.3 Å². The molecule has 2 heterocycles. The molecule has 1 aromatic carbocycles. The average molecular weight is 364 g/mol. The van der Waals surface area contributed by atoms with Crippen molar-refractivity contribution in [2.75, 3.05) is 22.7 Å². The van der Waals surface area contributed by atoms with E-state index in [4.69, 9.17) is 0 Å². The molecule has 8 nitrogen and oxygen atoms in total. The van der Waals surface area contributed by atoms with E-state index < -0.39 is 16.1 Å². The molecule has 0 unspecified atom stereocenters. The highest BCUT2D eigenvalue weighted by Crippen LogP contribution is 2.34. The molecule has 1 aliphatic rings. The molecule has 1 fully saturated rings. The summed E-state index contributed by atoms with van der Waals surface area (Å²) in [6, 6.07) is 6.51. The number of nitrogens with one attached hydrogen (secondary N) is 2. The number of amides is 1. The summed E-state index contributed by atoms with van der Waals surface area (Å²) >= 11 is 0. The largest absolute Gasteiger partial charge is 0.506 e. The summed E-state index contributed by atoms with van der Waals surface area (Å²) in [5, 5.41) is 14.1. The summed E-state index contributed by atoms with van der Waals surface area (Å²) in [7, 11) is -3.98. The van der Waals surface area contributed by atoms with Gasteiger partial charge in [-0.05, 0) is 36.6 Å². The van der Waals surface area contributed by atoms with E-state index in [1.807, 2.05) is 4.72 Å². The van der Waals surface area contributed by atoms with Crippen LogP contribution in [-0.4, -0.2) is 37.5 Å². The highest BCUT2D eigenvalue weighted by Gasteiger charge is 2.35. The van der Waals surface area contributed by atoms with E-state index in [0.29, 0.717) is 22.6 Å². The number of nitrogens with zero attached hydrogens (tertiary/aromatic N) is 2. The number of hydrogen-bond acceptors (Lipinski definition) is 6. The predicted molar refractivity (Wildman–Crippen MR) is 95.8 cm³/mol. The Morgan fingerprint density at radius 3 is 2.76 bits per heavy atom. The SMILES string of the molecule is CC(C)CCNc1ccc2cc(O)c(N3CC(=O)NS3(=O)=O)cc2n1. The third-order valence-electron chi connectivity index (χ3n) is 3.90. The van der Waals surface area contributed by atoms with Gasteiger partial charge in [0.1, 0.15) is 18.1 Å². The molecule has 0 bridgehead atoms. The van der Waals surface area contributed by atoms with Crippen LogP contribution in [-0.2, 0) is 15.0 Å². The van der Waals surface area contributed by atoms with E-state index in [2.05, 4.69) is 24.1 Å². The number of carbonyl (C=O) groups excluding carboxylic acids is 1. The van der Waals surface area contributed by atoms with E-state index in [9.17, 15) is 18.3 Å². The Morgan fingerprint density at radius 2 is 2.12 bits per heavy atom. The maximum atomic E-state index is 12.0. The summed E-state index contributed by atoms with van der Waals surface area (Å²) in [6.45, 7) is 4.68. The number of phenols is 1. The van der Waals surface area contributed by atoms with Gasteiger partial charge in [-0.2, -0.15) is 8.42 Å². The number of anilines is 2. The molecule has 3 rings (SSSR count). The standard InChI is InChI=1S/C16H20N4O4S/c1-10(2)5-6-17-15-4-3-11-7-14(21)13(8-12(11)18-15)20-9-16(22)19-25(20,23)24/h3-4,7-8,10,21H,5-6,9H2,1-2H3,(H,17,18)(H,19,22). The predicted octanol–water partition coefficient (Wildman–Crippen LogP) is 1.58. The number of pyridine rings is 1. The highest BCUT2D eigenvalue weighted by molar-refractivity contribution is 7.92. The first-order valence-electron chi connectivity index (χ1n) is 7.97. The Kier molecular flexibility index (Phi) is 4.42. The van der Waals surface area contributed by atoms with Crippen molar-refractivity contribution < 1.29 is 18.3 Å². The second-order valence-electron chi connectivity index (χ2n) is 6.38. The summed E-state index contributed by atoms with van der Waals surface area (Å²) in [6.07, 6.45) is 1.00. The summed E-state index contributed by atoms with van der Waals surface area (Å²) < 4.78 is 26.7. The summed E-state index contributed by atoms with van der Waals surface area (Å²) in [5.41, 5.74) is 0.551. The summed E-state index contributed by atoms with van der Waals surface area (Å²) in [4.78, 5) is 15.9. The van der Waals surface area contributed by atoms with Crippen LogP contribution in [0.25, 0.3) is 10.9 Å². The lowest BCUT2D eigenvalue weighted by atomic mass is 10.1. The molecule has 3 N–H and O–H groups in total.